The summed E-state index contributed by atoms with van der Waals surface area (Å²) in [4.78, 5) is 4.29. The van der Waals surface area contributed by atoms with Crippen LogP contribution in [0.15, 0.2) is 28.6 Å². The highest BCUT2D eigenvalue weighted by Crippen LogP contribution is 2.21. The van der Waals surface area contributed by atoms with E-state index in [0.717, 1.165) is 16.6 Å². The van der Waals surface area contributed by atoms with Crippen LogP contribution in [0.25, 0.3) is 10.2 Å². The molecule has 1 aliphatic rings. The largest absolute Gasteiger partial charge is 0.351 e. The molecule has 0 aromatic carbocycles. The van der Waals surface area contributed by atoms with Gasteiger partial charge in [-0.05, 0) is 23.9 Å². The summed E-state index contributed by atoms with van der Waals surface area (Å²) in [7, 11) is -3.59. The Morgan fingerprint density at radius 3 is 3.00 bits per heavy atom. The fourth-order valence-corrected chi connectivity index (χ4v) is 3.73. The molecule has 8 heteroatoms. The molecule has 108 valence electrons. The predicted octanol–water partition coefficient (Wildman–Crippen LogP) is 1.34. The van der Waals surface area contributed by atoms with Gasteiger partial charge in [-0.2, -0.15) is 0 Å². The van der Waals surface area contributed by atoms with E-state index in [-0.39, 0.29) is 11.4 Å². The van der Waals surface area contributed by atoms with Gasteiger partial charge in [0.2, 0.25) is 10.0 Å². The van der Waals surface area contributed by atoms with Crippen molar-refractivity contribution in [1.82, 2.24) is 9.71 Å². The van der Waals surface area contributed by atoms with Crippen LogP contribution in [-0.2, 0) is 19.5 Å². The summed E-state index contributed by atoms with van der Waals surface area (Å²) >= 11 is 1.46. The summed E-state index contributed by atoms with van der Waals surface area (Å²) in [6.45, 7) is 1.29. The van der Waals surface area contributed by atoms with Crippen molar-refractivity contribution < 1.29 is 17.9 Å². The molecule has 20 heavy (non-hydrogen) atoms. The Balaban J connectivity index is 1.73. The number of pyridine rings is 1. The molecule has 3 heterocycles. The zero-order valence-electron chi connectivity index (χ0n) is 10.6. The minimum absolute atomic E-state index is 0.102. The van der Waals surface area contributed by atoms with Crippen molar-refractivity contribution in [1.29, 1.82) is 0 Å². The van der Waals surface area contributed by atoms with E-state index in [1.165, 1.54) is 17.5 Å². The first-order chi connectivity index (χ1) is 9.65. The van der Waals surface area contributed by atoms with Crippen LogP contribution in [0, 0.1) is 0 Å². The number of ether oxygens (including phenoxy) is 2. The number of thiophene rings is 1. The van der Waals surface area contributed by atoms with E-state index >= 15 is 0 Å². The van der Waals surface area contributed by atoms with Gasteiger partial charge in [0, 0.05) is 6.20 Å². The molecule has 1 aliphatic heterocycles. The Morgan fingerprint density at radius 2 is 2.20 bits per heavy atom. The smallest absolute Gasteiger partial charge is 0.242 e. The van der Waals surface area contributed by atoms with Crippen LogP contribution < -0.4 is 4.72 Å². The number of hydrogen-bond acceptors (Lipinski definition) is 6. The highest BCUT2D eigenvalue weighted by atomic mass is 32.2. The van der Waals surface area contributed by atoms with Gasteiger partial charge >= 0.3 is 0 Å². The lowest BCUT2D eigenvalue weighted by molar-refractivity contribution is -0.173. The van der Waals surface area contributed by atoms with Gasteiger partial charge in [-0.3, -0.25) is 4.98 Å². The second-order valence-corrected chi connectivity index (χ2v) is 7.07. The molecule has 0 spiro atoms. The number of nitrogens with one attached hydrogen (secondary N) is 1. The Hall–Kier alpha value is -1.06. The summed E-state index contributed by atoms with van der Waals surface area (Å²) in [5, 5.41) is 1.88. The molecule has 1 N–H and O–H groups in total. The van der Waals surface area contributed by atoms with Gasteiger partial charge < -0.3 is 9.47 Å². The lowest BCUT2D eigenvalue weighted by atomic mass is 10.4. The Kier molecular flexibility index (Phi) is 3.99. The normalized spacial score (nSPS) is 17.6. The van der Waals surface area contributed by atoms with Crippen LogP contribution in [-0.4, -0.2) is 39.5 Å². The first kappa shape index (κ1) is 13.9. The Bertz CT molecular complexity index is 692. The van der Waals surface area contributed by atoms with Crippen LogP contribution in [0.3, 0.4) is 0 Å². The molecular weight excluding hydrogens is 300 g/mol. The molecule has 0 amide bonds. The summed E-state index contributed by atoms with van der Waals surface area (Å²) in [5.41, 5.74) is 0.799. The van der Waals surface area contributed by atoms with Gasteiger partial charge in [-0.1, -0.05) is 0 Å². The highest BCUT2D eigenvalue weighted by molar-refractivity contribution is 7.89. The van der Waals surface area contributed by atoms with Crippen LogP contribution in [0.1, 0.15) is 6.42 Å². The number of rotatable bonds is 4. The van der Waals surface area contributed by atoms with Crippen LogP contribution in [0.4, 0.5) is 0 Å². The average molecular weight is 314 g/mol. The van der Waals surface area contributed by atoms with Crippen molar-refractivity contribution in [2.45, 2.75) is 17.6 Å². The molecule has 1 fully saturated rings. The molecule has 0 unspecified atom stereocenters. The minimum atomic E-state index is -3.59. The maximum absolute atomic E-state index is 12.2. The molecule has 0 atom stereocenters. The van der Waals surface area contributed by atoms with Crippen molar-refractivity contribution in [2.24, 2.45) is 0 Å². The van der Waals surface area contributed by atoms with Gasteiger partial charge in [0.05, 0.1) is 30.0 Å². The molecule has 0 saturated carbocycles. The molecular formula is C12H14N2O4S2. The van der Waals surface area contributed by atoms with Crippen molar-refractivity contribution in [3.63, 3.8) is 0 Å². The third kappa shape index (κ3) is 2.99. The van der Waals surface area contributed by atoms with Crippen molar-refractivity contribution >= 4 is 31.6 Å². The van der Waals surface area contributed by atoms with Crippen LogP contribution >= 0.6 is 11.3 Å². The summed E-state index contributed by atoms with van der Waals surface area (Å²) in [6, 6.07) is 3.48. The number of sulfonamides is 1. The van der Waals surface area contributed by atoms with E-state index in [1.807, 2.05) is 11.4 Å². The number of nitrogens with zero attached hydrogens (tertiary/aromatic N) is 1. The maximum Gasteiger partial charge on any atom is 0.242 e. The summed E-state index contributed by atoms with van der Waals surface area (Å²) < 4.78 is 38.3. The summed E-state index contributed by atoms with van der Waals surface area (Å²) in [5.74, 6) is 0. The molecule has 2 aromatic rings. The molecule has 0 radical (unpaired) electrons. The zero-order chi connectivity index (χ0) is 14.0. The van der Waals surface area contributed by atoms with E-state index in [1.54, 1.807) is 6.07 Å². The first-order valence-corrected chi connectivity index (χ1v) is 8.57. The standard InChI is InChI=1S/C12H14N2O4S2/c15-20(16,14-8-12-17-3-1-4-18-12)9-6-11-10(13-7-9)2-5-19-11/h2,5-7,12,14H,1,3-4,8H2. The number of aromatic nitrogens is 1. The molecule has 0 aliphatic carbocycles. The topological polar surface area (TPSA) is 77.5 Å². The lowest BCUT2D eigenvalue weighted by Crippen LogP contribution is -2.37. The van der Waals surface area contributed by atoms with Gasteiger partial charge in [0.15, 0.2) is 6.29 Å². The van der Waals surface area contributed by atoms with Crippen molar-refractivity contribution in [3.8, 4) is 0 Å². The quantitative estimate of drug-likeness (QED) is 0.921. The molecule has 0 bridgehead atoms. The predicted molar refractivity (Wildman–Crippen MR) is 75.1 cm³/mol. The molecule has 6 nitrogen and oxygen atoms in total. The minimum Gasteiger partial charge on any atom is -0.351 e. The van der Waals surface area contributed by atoms with Crippen LogP contribution in [0.5, 0.6) is 0 Å². The third-order valence-corrected chi connectivity index (χ3v) is 5.17. The second-order valence-electron chi connectivity index (χ2n) is 4.35. The van der Waals surface area contributed by atoms with E-state index < -0.39 is 16.3 Å². The van der Waals surface area contributed by atoms with Gasteiger partial charge in [-0.25, -0.2) is 13.1 Å². The van der Waals surface area contributed by atoms with Crippen molar-refractivity contribution in [3.05, 3.63) is 23.7 Å². The van der Waals surface area contributed by atoms with Crippen LogP contribution in [0.2, 0.25) is 0 Å². The zero-order valence-corrected chi connectivity index (χ0v) is 12.2. The average Bonchev–Trinajstić information content (AvgIpc) is 2.94. The van der Waals surface area contributed by atoms with E-state index in [4.69, 9.17) is 9.47 Å². The summed E-state index contributed by atoms with van der Waals surface area (Å²) in [6.07, 6.45) is 1.68. The molecule has 1 saturated heterocycles. The van der Waals surface area contributed by atoms with E-state index in [2.05, 4.69) is 9.71 Å². The van der Waals surface area contributed by atoms with Crippen molar-refractivity contribution in [2.75, 3.05) is 19.8 Å². The van der Waals surface area contributed by atoms with E-state index in [0.29, 0.717) is 13.2 Å². The number of hydrogen-bond donors (Lipinski definition) is 1. The second kappa shape index (κ2) is 5.74. The fourth-order valence-electron chi connectivity index (χ4n) is 1.89. The first-order valence-electron chi connectivity index (χ1n) is 6.21. The SMILES string of the molecule is O=S(=O)(NCC1OCCCO1)c1cnc2ccsc2c1. The molecule has 2 aromatic heterocycles. The number of fused-ring (bicyclic) bond motifs is 1. The fraction of sp³-hybridized carbons (Fsp3) is 0.417. The Morgan fingerprint density at radius 1 is 1.40 bits per heavy atom. The van der Waals surface area contributed by atoms with Gasteiger partial charge in [0.1, 0.15) is 4.90 Å². The van der Waals surface area contributed by atoms with Gasteiger partial charge in [-0.15, -0.1) is 11.3 Å². The maximum atomic E-state index is 12.2. The Labute approximate surface area is 120 Å². The lowest BCUT2D eigenvalue weighted by Gasteiger charge is -2.23. The monoisotopic (exact) mass is 314 g/mol. The highest BCUT2D eigenvalue weighted by Gasteiger charge is 2.20. The van der Waals surface area contributed by atoms with E-state index in [9.17, 15) is 8.42 Å². The third-order valence-electron chi connectivity index (χ3n) is 2.92. The molecule has 3 rings (SSSR count). The van der Waals surface area contributed by atoms with Gasteiger partial charge in [0.25, 0.3) is 0 Å².